The van der Waals surface area contributed by atoms with E-state index in [-0.39, 0.29) is 0 Å². The highest BCUT2D eigenvalue weighted by atomic mass is 16.5. The van der Waals surface area contributed by atoms with Crippen molar-refractivity contribution in [2.24, 2.45) is 0 Å². The molecule has 1 aromatic carbocycles. The molecule has 0 spiro atoms. The lowest BCUT2D eigenvalue weighted by Gasteiger charge is -2.12. The van der Waals surface area contributed by atoms with Gasteiger partial charge in [0.25, 0.3) is 0 Å². The third-order valence-corrected chi connectivity index (χ3v) is 3.28. The summed E-state index contributed by atoms with van der Waals surface area (Å²) in [6, 6.07) is 8.93. The number of hydrogen-bond donors (Lipinski definition) is 0. The Morgan fingerprint density at radius 1 is 0.850 bits per heavy atom. The van der Waals surface area contributed by atoms with E-state index in [1.165, 1.54) is 38.5 Å². The zero-order chi connectivity index (χ0) is 14.5. The average Bonchev–Trinajstić information content (AvgIpc) is 2.48. The zero-order valence-electron chi connectivity index (χ0n) is 13.1. The molecule has 0 unspecified atom stereocenters. The number of benzene rings is 1. The van der Waals surface area contributed by atoms with Crippen molar-refractivity contribution in [2.45, 2.75) is 65.2 Å². The first-order valence-electron chi connectivity index (χ1n) is 8.14. The van der Waals surface area contributed by atoms with Crippen LogP contribution in [0.15, 0.2) is 18.2 Å². The molecule has 0 aliphatic heterocycles. The summed E-state index contributed by atoms with van der Waals surface area (Å²) in [6.45, 7) is 5.96. The van der Waals surface area contributed by atoms with Gasteiger partial charge < -0.3 is 9.47 Å². The Kier molecular flexibility index (Phi) is 9.81. The lowest BCUT2D eigenvalue weighted by atomic mass is 10.2. The minimum Gasteiger partial charge on any atom is -0.490 e. The molecule has 113 valence electrons. The summed E-state index contributed by atoms with van der Waals surface area (Å²) in [5, 5.41) is 0. The fourth-order valence-corrected chi connectivity index (χ4v) is 2.05. The molecule has 0 aromatic heterocycles. The topological polar surface area (TPSA) is 18.5 Å². The van der Waals surface area contributed by atoms with Crippen molar-refractivity contribution < 1.29 is 9.47 Å². The van der Waals surface area contributed by atoms with Crippen LogP contribution in [0.25, 0.3) is 0 Å². The molecule has 0 heterocycles. The summed E-state index contributed by atoms with van der Waals surface area (Å²) in [6.07, 6.45) is 9.75. The van der Waals surface area contributed by atoms with Crippen LogP contribution in [0.5, 0.6) is 11.5 Å². The van der Waals surface area contributed by atoms with Gasteiger partial charge in [-0.3, -0.25) is 0 Å². The van der Waals surface area contributed by atoms with Crippen molar-refractivity contribution in [3.63, 3.8) is 0 Å². The Morgan fingerprint density at radius 3 is 2.15 bits per heavy atom. The average molecular weight is 277 g/mol. The first-order valence-corrected chi connectivity index (χ1v) is 8.14. The van der Waals surface area contributed by atoms with Gasteiger partial charge >= 0.3 is 0 Å². The van der Waals surface area contributed by atoms with E-state index in [0.29, 0.717) is 0 Å². The standard InChI is InChI=1S/C18H29O2/c1-3-5-7-11-15-19-17-13-9-10-14-18(17)20-16-12-8-6-4-2/h9-10,13H,3-8,11-12,15-16H2,1-2H3. The fourth-order valence-electron chi connectivity index (χ4n) is 2.05. The maximum absolute atomic E-state index is 5.81. The molecule has 0 aliphatic carbocycles. The predicted molar refractivity (Wildman–Crippen MR) is 84.6 cm³/mol. The van der Waals surface area contributed by atoms with Gasteiger partial charge in [-0.05, 0) is 18.9 Å². The van der Waals surface area contributed by atoms with Crippen LogP contribution in [0.4, 0.5) is 0 Å². The molecule has 0 atom stereocenters. The summed E-state index contributed by atoms with van der Waals surface area (Å²) in [5.41, 5.74) is 0. The molecular formula is C18H29O2. The van der Waals surface area contributed by atoms with Gasteiger partial charge in [-0.2, -0.15) is 0 Å². The molecule has 1 radical (unpaired) electrons. The highest BCUT2D eigenvalue weighted by Crippen LogP contribution is 2.26. The molecule has 1 rings (SSSR count). The number of ether oxygens (including phenoxy) is 2. The van der Waals surface area contributed by atoms with Gasteiger partial charge in [0, 0.05) is 6.07 Å². The van der Waals surface area contributed by atoms with Crippen LogP contribution >= 0.6 is 0 Å². The van der Waals surface area contributed by atoms with Crippen molar-refractivity contribution in [2.75, 3.05) is 13.2 Å². The van der Waals surface area contributed by atoms with Gasteiger partial charge in [0.05, 0.1) is 13.2 Å². The second-order valence-electron chi connectivity index (χ2n) is 5.18. The Balaban J connectivity index is 2.27. The molecule has 20 heavy (non-hydrogen) atoms. The van der Waals surface area contributed by atoms with Crippen LogP contribution in [0, 0.1) is 6.07 Å². The minimum atomic E-state index is 0.757. The van der Waals surface area contributed by atoms with Crippen LogP contribution in [0.3, 0.4) is 0 Å². The van der Waals surface area contributed by atoms with Crippen molar-refractivity contribution in [3.05, 3.63) is 24.3 Å². The molecule has 0 aliphatic rings. The maximum Gasteiger partial charge on any atom is 0.169 e. The molecular weight excluding hydrogens is 248 g/mol. The van der Waals surface area contributed by atoms with Crippen molar-refractivity contribution in [1.82, 2.24) is 0 Å². The van der Waals surface area contributed by atoms with Crippen molar-refractivity contribution in [1.29, 1.82) is 0 Å². The van der Waals surface area contributed by atoms with Crippen LogP contribution < -0.4 is 9.47 Å². The van der Waals surface area contributed by atoms with E-state index in [2.05, 4.69) is 19.9 Å². The number of rotatable bonds is 12. The summed E-state index contributed by atoms with van der Waals surface area (Å²) in [5.74, 6) is 1.60. The van der Waals surface area contributed by atoms with Gasteiger partial charge in [-0.15, -0.1) is 0 Å². The van der Waals surface area contributed by atoms with Crippen molar-refractivity contribution in [3.8, 4) is 11.5 Å². The molecule has 0 saturated carbocycles. The summed E-state index contributed by atoms with van der Waals surface area (Å²) in [4.78, 5) is 0. The summed E-state index contributed by atoms with van der Waals surface area (Å²) >= 11 is 0. The van der Waals surface area contributed by atoms with Crippen LogP contribution in [0.1, 0.15) is 65.2 Å². The molecule has 2 nitrogen and oxygen atoms in total. The number of para-hydroxylation sites is 1. The van der Waals surface area contributed by atoms with Gasteiger partial charge in [0.15, 0.2) is 11.5 Å². The SMILES string of the molecule is CCCCCCOc1[c]cccc1OCCCCCC. The largest absolute Gasteiger partial charge is 0.490 e. The Morgan fingerprint density at radius 2 is 1.50 bits per heavy atom. The van der Waals surface area contributed by atoms with Gasteiger partial charge in [-0.25, -0.2) is 0 Å². The third-order valence-electron chi connectivity index (χ3n) is 3.28. The minimum absolute atomic E-state index is 0.757. The zero-order valence-corrected chi connectivity index (χ0v) is 13.1. The molecule has 0 bridgehead atoms. The summed E-state index contributed by atoms with van der Waals surface area (Å²) in [7, 11) is 0. The molecule has 0 N–H and O–H groups in total. The monoisotopic (exact) mass is 277 g/mol. The first kappa shape index (κ1) is 16.9. The molecule has 0 fully saturated rings. The number of unbranched alkanes of at least 4 members (excludes halogenated alkanes) is 6. The van der Waals surface area contributed by atoms with Crippen LogP contribution in [0.2, 0.25) is 0 Å². The fraction of sp³-hybridized carbons (Fsp3) is 0.667. The smallest absolute Gasteiger partial charge is 0.169 e. The first-order chi connectivity index (χ1) is 9.88. The number of hydrogen-bond acceptors (Lipinski definition) is 2. The van der Waals surface area contributed by atoms with E-state index in [4.69, 9.17) is 9.47 Å². The Hall–Kier alpha value is -1.18. The van der Waals surface area contributed by atoms with E-state index >= 15 is 0 Å². The Labute approximate surface area is 124 Å². The van der Waals surface area contributed by atoms with Gasteiger partial charge in [-0.1, -0.05) is 64.5 Å². The lowest BCUT2D eigenvalue weighted by Crippen LogP contribution is -2.02. The van der Waals surface area contributed by atoms with E-state index < -0.39 is 0 Å². The van der Waals surface area contributed by atoms with E-state index in [9.17, 15) is 0 Å². The Bertz CT molecular complexity index is 303. The van der Waals surface area contributed by atoms with Gasteiger partial charge in [0.2, 0.25) is 0 Å². The van der Waals surface area contributed by atoms with E-state index in [0.717, 1.165) is 37.6 Å². The van der Waals surface area contributed by atoms with Crippen LogP contribution in [-0.2, 0) is 0 Å². The molecule has 0 amide bonds. The highest BCUT2D eigenvalue weighted by Gasteiger charge is 2.04. The van der Waals surface area contributed by atoms with Crippen molar-refractivity contribution >= 4 is 0 Å². The van der Waals surface area contributed by atoms with Gasteiger partial charge in [0.1, 0.15) is 0 Å². The molecule has 0 saturated heterocycles. The lowest BCUT2D eigenvalue weighted by molar-refractivity contribution is 0.258. The second-order valence-corrected chi connectivity index (χ2v) is 5.18. The second kappa shape index (κ2) is 11.6. The normalized spacial score (nSPS) is 10.5. The predicted octanol–water partition coefficient (Wildman–Crippen LogP) is 5.40. The van der Waals surface area contributed by atoms with E-state index in [1.807, 2.05) is 18.2 Å². The highest BCUT2D eigenvalue weighted by molar-refractivity contribution is 5.38. The third kappa shape index (κ3) is 7.42. The van der Waals surface area contributed by atoms with E-state index in [1.54, 1.807) is 0 Å². The molecule has 2 heteroatoms. The van der Waals surface area contributed by atoms with Crippen LogP contribution in [-0.4, -0.2) is 13.2 Å². The molecule has 1 aromatic rings. The maximum atomic E-state index is 5.81. The quantitative estimate of drug-likeness (QED) is 0.476. The summed E-state index contributed by atoms with van der Waals surface area (Å²) < 4.78 is 11.6.